The quantitative estimate of drug-likeness (QED) is 0.793. The van der Waals surface area contributed by atoms with Crippen LogP contribution in [-0.2, 0) is 11.2 Å². The average Bonchev–Trinajstić information content (AvgIpc) is 2.75. The summed E-state index contributed by atoms with van der Waals surface area (Å²) in [7, 11) is 0. The number of hydrogen-bond donors (Lipinski definition) is 1. The van der Waals surface area contributed by atoms with Crippen molar-refractivity contribution in [2.24, 2.45) is 0 Å². The van der Waals surface area contributed by atoms with Crippen molar-refractivity contribution in [3.05, 3.63) is 70.5 Å². The van der Waals surface area contributed by atoms with E-state index in [1.54, 1.807) is 24.0 Å². The van der Waals surface area contributed by atoms with Gasteiger partial charge in [-0.25, -0.2) is 4.39 Å². The first-order chi connectivity index (χ1) is 14.4. The first-order valence-electron chi connectivity index (χ1n) is 10.5. The lowest BCUT2D eigenvalue weighted by molar-refractivity contribution is -0.123. The fraction of sp³-hybridized carbons (Fsp3) is 0.417. The van der Waals surface area contributed by atoms with Gasteiger partial charge < -0.3 is 10.2 Å². The predicted molar refractivity (Wildman–Crippen MR) is 116 cm³/mol. The van der Waals surface area contributed by atoms with Gasteiger partial charge in [-0.05, 0) is 49.1 Å². The van der Waals surface area contributed by atoms with Gasteiger partial charge in [0.25, 0.3) is 5.91 Å². The summed E-state index contributed by atoms with van der Waals surface area (Å²) in [6.45, 7) is 8.36. The highest BCUT2D eigenvalue weighted by molar-refractivity contribution is 5.94. The zero-order valence-corrected chi connectivity index (χ0v) is 18.0. The Hall–Kier alpha value is -2.73. The molecule has 0 aliphatic carbocycles. The van der Waals surface area contributed by atoms with E-state index in [0.717, 1.165) is 12.0 Å². The number of aryl methyl sites for hydroxylation is 2. The molecule has 0 spiro atoms. The van der Waals surface area contributed by atoms with E-state index in [4.69, 9.17) is 0 Å². The van der Waals surface area contributed by atoms with Crippen molar-refractivity contribution in [3.63, 3.8) is 0 Å². The van der Waals surface area contributed by atoms with Crippen LogP contribution in [-0.4, -0.2) is 54.3 Å². The van der Waals surface area contributed by atoms with Gasteiger partial charge in [0.05, 0.1) is 12.6 Å². The maximum Gasteiger partial charge on any atom is 0.254 e. The van der Waals surface area contributed by atoms with E-state index in [2.05, 4.69) is 36.5 Å². The van der Waals surface area contributed by atoms with Gasteiger partial charge in [0.2, 0.25) is 5.91 Å². The van der Waals surface area contributed by atoms with Gasteiger partial charge in [-0.15, -0.1) is 0 Å². The molecule has 1 saturated heterocycles. The summed E-state index contributed by atoms with van der Waals surface area (Å²) in [5, 5.41) is 3.05. The third-order valence-electron chi connectivity index (χ3n) is 5.71. The van der Waals surface area contributed by atoms with Crippen LogP contribution < -0.4 is 5.32 Å². The molecule has 2 aromatic rings. The van der Waals surface area contributed by atoms with E-state index in [1.807, 2.05) is 11.8 Å². The molecular formula is C24H30FN3O2. The van der Waals surface area contributed by atoms with E-state index >= 15 is 0 Å². The minimum atomic E-state index is -0.366. The monoisotopic (exact) mass is 411 g/mol. The normalized spacial score (nSPS) is 15.7. The smallest absolute Gasteiger partial charge is 0.254 e. The van der Waals surface area contributed by atoms with Crippen LogP contribution in [0.5, 0.6) is 0 Å². The van der Waals surface area contributed by atoms with Crippen LogP contribution in [0.2, 0.25) is 0 Å². The number of rotatable bonds is 6. The fourth-order valence-corrected chi connectivity index (χ4v) is 3.63. The number of amides is 2. The van der Waals surface area contributed by atoms with Crippen LogP contribution in [0.15, 0.2) is 42.5 Å². The van der Waals surface area contributed by atoms with Crippen LogP contribution >= 0.6 is 0 Å². The lowest BCUT2D eigenvalue weighted by Gasteiger charge is -2.34. The Morgan fingerprint density at radius 1 is 1.07 bits per heavy atom. The average molecular weight is 412 g/mol. The number of carbonyl (C=O) groups excluding carboxylic acids is 2. The summed E-state index contributed by atoms with van der Waals surface area (Å²) in [4.78, 5) is 28.8. The Morgan fingerprint density at radius 2 is 1.73 bits per heavy atom. The molecule has 1 fully saturated rings. The molecule has 1 aliphatic heterocycles. The van der Waals surface area contributed by atoms with Crippen molar-refractivity contribution in [2.75, 3.05) is 32.7 Å². The van der Waals surface area contributed by atoms with E-state index < -0.39 is 0 Å². The largest absolute Gasteiger partial charge is 0.348 e. The molecule has 2 amide bonds. The Balaban J connectivity index is 1.47. The molecule has 0 radical (unpaired) electrons. The highest BCUT2D eigenvalue weighted by Crippen LogP contribution is 2.15. The van der Waals surface area contributed by atoms with Crippen LogP contribution in [0, 0.1) is 12.7 Å². The minimum absolute atomic E-state index is 0.0255. The number of nitrogens with one attached hydrogen (secondary N) is 1. The van der Waals surface area contributed by atoms with E-state index in [0.29, 0.717) is 43.9 Å². The van der Waals surface area contributed by atoms with Gasteiger partial charge >= 0.3 is 0 Å². The van der Waals surface area contributed by atoms with E-state index in [1.165, 1.54) is 11.6 Å². The molecule has 0 aromatic heterocycles. The lowest BCUT2D eigenvalue weighted by atomic mass is 10.0. The summed E-state index contributed by atoms with van der Waals surface area (Å²) in [6, 6.07) is 12.8. The first-order valence-corrected chi connectivity index (χ1v) is 10.5. The third-order valence-corrected chi connectivity index (χ3v) is 5.71. The Morgan fingerprint density at radius 3 is 2.33 bits per heavy atom. The maximum absolute atomic E-state index is 13.8. The number of piperazine rings is 1. The van der Waals surface area contributed by atoms with E-state index in [9.17, 15) is 14.0 Å². The van der Waals surface area contributed by atoms with Crippen LogP contribution in [0.1, 0.15) is 46.9 Å². The lowest BCUT2D eigenvalue weighted by Crippen LogP contribution is -2.51. The standard InChI is InChI=1S/C24H30FN3O2/c1-4-19-6-9-20(10-7-19)18(3)26-23(29)16-27-11-13-28(14-12-27)24(30)21-8-5-17(2)22(25)15-21/h5-10,15,18H,4,11-14,16H2,1-3H3,(H,26,29). The highest BCUT2D eigenvalue weighted by Gasteiger charge is 2.24. The first kappa shape index (κ1) is 22.0. The van der Waals surface area contributed by atoms with E-state index in [-0.39, 0.29) is 23.7 Å². The molecular weight excluding hydrogens is 381 g/mol. The second-order valence-corrected chi connectivity index (χ2v) is 7.92. The van der Waals surface area contributed by atoms with Crippen molar-refractivity contribution >= 4 is 11.8 Å². The minimum Gasteiger partial charge on any atom is -0.348 e. The summed E-state index contributed by atoms with van der Waals surface area (Å²) < 4.78 is 13.8. The van der Waals surface area contributed by atoms with Gasteiger partial charge in [0.15, 0.2) is 0 Å². The molecule has 1 unspecified atom stereocenters. The Kier molecular flexibility index (Phi) is 7.21. The molecule has 160 valence electrons. The second kappa shape index (κ2) is 9.85. The maximum atomic E-state index is 13.8. The molecule has 0 bridgehead atoms. The molecule has 30 heavy (non-hydrogen) atoms. The summed E-state index contributed by atoms with van der Waals surface area (Å²) in [5.41, 5.74) is 3.25. The molecule has 0 saturated carbocycles. The molecule has 1 N–H and O–H groups in total. The molecule has 6 heteroatoms. The summed E-state index contributed by atoms with van der Waals surface area (Å²) in [6.07, 6.45) is 0.994. The summed E-state index contributed by atoms with van der Waals surface area (Å²) >= 11 is 0. The van der Waals surface area contributed by atoms with Crippen molar-refractivity contribution in [1.29, 1.82) is 0 Å². The molecule has 2 aromatic carbocycles. The Bertz CT molecular complexity index is 890. The fourth-order valence-electron chi connectivity index (χ4n) is 3.63. The molecule has 5 nitrogen and oxygen atoms in total. The zero-order valence-electron chi connectivity index (χ0n) is 18.0. The molecule has 1 heterocycles. The summed E-state index contributed by atoms with van der Waals surface area (Å²) in [5.74, 6) is -0.556. The highest BCUT2D eigenvalue weighted by atomic mass is 19.1. The van der Waals surface area contributed by atoms with Crippen molar-refractivity contribution in [1.82, 2.24) is 15.1 Å². The van der Waals surface area contributed by atoms with Crippen LogP contribution in [0.4, 0.5) is 4.39 Å². The number of halogens is 1. The topological polar surface area (TPSA) is 52.7 Å². The van der Waals surface area contributed by atoms with Crippen molar-refractivity contribution in [3.8, 4) is 0 Å². The number of benzene rings is 2. The third kappa shape index (κ3) is 5.45. The molecule has 1 aliphatic rings. The van der Waals surface area contributed by atoms with Gasteiger partial charge in [-0.2, -0.15) is 0 Å². The van der Waals surface area contributed by atoms with Gasteiger partial charge in [-0.1, -0.05) is 37.3 Å². The van der Waals surface area contributed by atoms with Crippen LogP contribution in [0.25, 0.3) is 0 Å². The SMILES string of the molecule is CCc1ccc(C(C)NC(=O)CN2CCN(C(=O)c3ccc(C)c(F)c3)CC2)cc1. The Labute approximate surface area is 177 Å². The predicted octanol–water partition coefficient (Wildman–Crippen LogP) is 3.33. The molecule has 3 rings (SSSR count). The number of hydrogen-bond acceptors (Lipinski definition) is 3. The van der Waals surface area contributed by atoms with Crippen molar-refractivity contribution < 1.29 is 14.0 Å². The number of nitrogens with zero attached hydrogens (tertiary/aromatic N) is 2. The van der Waals surface area contributed by atoms with Gasteiger partial charge in [0.1, 0.15) is 5.82 Å². The zero-order chi connectivity index (χ0) is 21.7. The van der Waals surface area contributed by atoms with Crippen molar-refractivity contribution in [2.45, 2.75) is 33.2 Å². The van der Waals surface area contributed by atoms with Gasteiger partial charge in [-0.3, -0.25) is 14.5 Å². The number of carbonyl (C=O) groups is 2. The molecule has 1 atom stereocenters. The second-order valence-electron chi connectivity index (χ2n) is 7.92. The van der Waals surface area contributed by atoms with Crippen LogP contribution in [0.3, 0.4) is 0 Å². The van der Waals surface area contributed by atoms with Gasteiger partial charge in [0, 0.05) is 31.7 Å².